The molecule has 5 heteroatoms. The van der Waals surface area contributed by atoms with Gasteiger partial charge < -0.3 is 15.0 Å². The maximum atomic E-state index is 11.9. The van der Waals surface area contributed by atoms with Crippen molar-refractivity contribution in [2.75, 3.05) is 27.7 Å². The lowest BCUT2D eigenvalue weighted by molar-refractivity contribution is -0.130. The highest BCUT2D eigenvalue weighted by atomic mass is 35.5. The number of rotatable bonds is 6. The maximum Gasteiger partial charge on any atom is 0.223 e. The molecule has 0 spiro atoms. The number of nitrogens with one attached hydrogen (secondary N) is 1. The number of hydrogen-bond acceptors (Lipinski definition) is 3. The molecule has 0 aliphatic rings. The first-order valence-corrected chi connectivity index (χ1v) is 6.52. The lowest BCUT2D eigenvalue weighted by atomic mass is 10.1. The average Bonchev–Trinajstić information content (AvgIpc) is 2.35. The van der Waals surface area contributed by atoms with E-state index in [0.29, 0.717) is 19.5 Å². The van der Waals surface area contributed by atoms with Gasteiger partial charge in [-0.1, -0.05) is 12.1 Å². The summed E-state index contributed by atoms with van der Waals surface area (Å²) in [6, 6.07) is 4.15. The summed E-state index contributed by atoms with van der Waals surface area (Å²) < 4.78 is 5.35. The van der Waals surface area contributed by atoms with E-state index in [-0.39, 0.29) is 18.3 Å². The molecule has 0 saturated carbocycles. The van der Waals surface area contributed by atoms with E-state index >= 15 is 0 Å². The van der Waals surface area contributed by atoms with Gasteiger partial charge in [0.1, 0.15) is 5.75 Å². The summed E-state index contributed by atoms with van der Waals surface area (Å²) >= 11 is 0. The van der Waals surface area contributed by atoms with Gasteiger partial charge in [-0.05, 0) is 37.6 Å². The summed E-state index contributed by atoms with van der Waals surface area (Å²) in [6.07, 6.45) is 0.529. The van der Waals surface area contributed by atoms with Crippen molar-refractivity contribution in [2.45, 2.75) is 26.8 Å². The third kappa shape index (κ3) is 5.02. The Hall–Kier alpha value is -1.26. The fourth-order valence-electron chi connectivity index (χ4n) is 2.24. The van der Waals surface area contributed by atoms with Gasteiger partial charge in [-0.3, -0.25) is 4.79 Å². The molecular formula is C15H25ClN2O2. The average molecular weight is 301 g/mol. The maximum absolute atomic E-state index is 11.9. The molecule has 0 heterocycles. The van der Waals surface area contributed by atoms with E-state index in [1.165, 1.54) is 0 Å². The number of halogens is 1. The molecule has 114 valence electrons. The van der Waals surface area contributed by atoms with E-state index in [0.717, 1.165) is 22.4 Å². The van der Waals surface area contributed by atoms with E-state index in [1.807, 2.05) is 27.9 Å². The first kappa shape index (κ1) is 18.7. The summed E-state index contributed by atoms with van der Waals surface area (Å²) in [4.78, 5) is 13.6. The van der Waals surface area contributed by atoms with Crippen molar-refractivity contribution < 1.29 is 9.53 Å². The first-order chi connectivity index (χ1) is 8.99. The van der Waals surface area contributed by atoms with Crippen LogP contribution in [0.15, 0.2) is 12.1 Å². The van der Waals surface area contributed by atoms with Crippen LogP contribution in [0.2, 0.25) is 0 Å². The van der Waals surface area contributed by atoms with Gasteiger partial charge in [0.2, 0.25) is 5.91 Å². The van der Waals surface area contributed by atoms with Crippen molar-refractivity contribution in [1.29, 1.82) is 0 Å². The molecule has 0 aliphatic carbocycles. The van der Waals surface area contributed by atoms with Crippen LogP contribution in [-0.2, 0) is 11.3 Å². The molecular weight excluding hydrogens is 276 g/mol. The Balaban J connectivity index is 0.00000361. The zero-order valence-electron chi connectivity index (χ0n) is 12.9. The second-order valence-electron chi connectivity index (χ2n) is 4.87. The molecule has 0 aromatic heterocycles. The molecule has 0 atom stereocenters. The fourth-order valence-corrected chi connectivity index (χ4v) is 2.24. The number of ether oxygens (including phenoxy) is 1. The third-order valence-corrected chi connectivity index (χ3v) is 3.16. The van der Waals surface area contributed by atoms with E-state index in [1.54, 1.807) is 12.0 Å². The Bertz CT molecular complexity index is 426. The topological polar surface area (TPSA) is 41.6 Å². The predicted molar refractivity (Wildman–Crippen MR) is 84.7 cm³/mol. The van der Waals surface area contributed by atoms with Crippen LogP contribution in [0.4, 0.5) is 0 Å². The Labute approximate surface area is 127 Å². The quantitative estimate of drug-likeness (QED) is 0.876. The minimum absolute atomic E-state index is 0. The van der Waals surface area contributed by atoms with E-state index in [4.69, 9.17) is 4.74 Å². The van der Waals surface area contributed by atoms with Crippen molar-refractivity contribution in [1.82, 2.24) is 10.2 Å². The van der Waals surface area contributed by atoms with Crippen molar-refractivity contribution in [3.63, 3.8) is 0 Å². The van der Waals surface area contributed by atoms with Crippen molar-refractivity contribution in [3.05, 3.63) is 28.8 Å². The minimum atomic E-state index is 0. The Morgan fingerprint density at radius 3 is 2.30 bits per heavy atom. The van der Waals surface area contributed by atoms with E-state index in [9.17, 15) is 4.79 Å². The highest BCUT2D eigenvalue weighted by molar-refractivity contribution is 5.85. The second kappa shape index (κ2) is 8.82. The lowest BCUT2D eigenvalue weighted by Gasteiger charge is -2.19. The number of carbonyl (C=O) groups excluding carboxylic acids is 1. The van der Waals surface area contributed by atoms with Crippen LogP contribution in [0.5, 0.6) is 5.75 Å². The van der Waals surface area contributed by atoms with Gasteiger partial charge >= 0.3 is 0 Å². The smallest absolute Gasteiger partial charge is 0.223 e. The van der Waals surface area contributed by atoms with Gasteiger partial charge in [-0.25, -0.2) is 0 Å². The molecule has 1 amide bonds. The van der Waals surface area contributed by atoms with Crippen LogP contribution in [-0.4, -0.2) is 38.6 Å². The molecule has 1 rings (SSSR count). The molecule has 1 N–H and O–H groups in total. The van der Waals surface area contributed by atoms with Gasteiger partial charge in [-0.15, -0.1) is 12.4 Å². The minimum Gasteiger partial charge on any atom is -0.496 e. The highest BCUT2D eigenvalue weighted by Gasteiger charge is 2.11. The molecule has 20 heavy (non-hydrogen) atoms. The standard InChI is InChI=1S/C15H24N2O2.ClH/c1-11-8-13(9-12(2)15(11)19-5)10-17(4)14(18)6-7-16-3;/h8-9,16H,6-7,10H2,1-5H3;1H. The third-order valence-electron chi connectivity index (χ3n) is 3.16. The molecule has 0 unspecified atom stereocenters. The zero-order valence-corrected chi connectivity index (χ0v) is 13.8. The van der Waals surface area contributed by atoms with Gasteiger partial charge in [0, 0.05) is 26.6 Å². The van der Waals surface area contributed by atoms with Crippen molar-refractivity contribution in [2.24, 2.45) is 0 Å². The second-order valence-corrected chi connectivity index (χ2v) is 4.87. The van der Waals surface area contributed by atoms with Crippen molar-refractivity contribution in [3.8, 4) is 5.75 Å². The molecule has 4 nitrogen and oxygen atoms in total. The summed E-state index contributed by atoms with van der Waals surface area (Å²) in [5.74, 6) is 1.08. The molecule has 0 aliphatic heterocycles. The van der Waals surface area contributed by atoms with Crippen LogP contribution < -0.4 is 10.1 Å². The number of amides is 1. The predicted octanol–water partition coefficient (Wildman–Crippen LogP) is 2.30. The molecule has 0 fully saturated rings. The Kier molecular flexibility index (Phi) is 8.26. The Morgan fingerprint density at radius 2 is 1.85 bits per heavy atom. The number of methoxy groups -OCH3 is 1. The number of carbonyl (C=O) groups is 1. The summed E-state index contributed by atoms with van der Waals surface area (Å²) in [6.45, 7) is 5.40. The summed E-state index contributed by atoms with van der Waals surface area (Å²) in [7, 11) is 5.37. The molecule has 0 bridgehead atoms. The van der Waals surface area contributed by atoms with Crippen LogP contribution in [0.3, 0.4) is 0 Å². The van der Waals surface area contributed by atoms with Gasteiger partial charge in [0.05, 0.1) is 7.11 Å². The van der Waals surface area contributed by atoms with E-state index < -0.39 is 0 Å². The zero-order chi connectivity index (χ0) is 14.4. The van der Waals surface area contributed by atoms with Gasteiger partial charge in [-0.2, -0.15) is 0 Å². The lowest BCUT2D eigenvalue weighted by Crippen LogP contribution is -2.28. The van der Waals surface area contributed by atoms with Gasteiger partial charge in [0.25, 0.3) is 0 Å². The summed E-state index contributed by atoms with van der Waals surface area (Å²) in [5, 5.41) is 2.99. The molecule has 0 saturated heterocycles. The van der Waals surface area contributed by atoms with Crippen LogP contribution in [0.25, 0.3) is 0 Å². The molecule has 1 aromatic carbocycles. The van der Waals surface area contributed by atoms with Gasteiger partial charge in [0.15, 0.2) is 0 Å². The number of hydrogen-bond donors (Lipinski definition) is 1. The largest absolute Gasteiger partial charge is 0.496 e. The number of aryl methyl sites for hydroxylation is 2. The normalized spacial score (nSPS) is 9.85. The van der Waals surface area contributed by atoms with Crippen LogP contribution in [0, 0.1) is 13.8 Å². The monoisotopic (exact) mass is 300 g/mol. The number of nitrogens with zero attached hydrogens (tertiary/aromatic N) is 1. The summed E-state index contributed by atoms with van der Waals surface area (Å²) in [5.41, 5.74) is 3.35. The SMILES string of the molecule is CNCCC(=O)N(C)Cc1cc(C)c(OC)c(C)c1.Cl. The van der Waals surface area contributed by atoms with E-state index in [2.05, 4.69) is 17.4 Å². The van der Waals surface area contributed by atoms with Crippen molar-refractivity contribution >= 4 is 18.3 Å². The molecule has 1 aromatic rings. The number of benzene rings is 1. The fraction of sp³-hybridized carbons (Fsp3) is 0.533. The first-order valence-electron chi connectivity index (χ1n) is 6.52. The highest BCUT2D eigenvalue weighted by Crippen LogP contribution is 2.24. The van der Waals surface area contributed by atoms with Crippen LogP contribution in [0.1, 0.15) is 23.1 Å². The van der Waals surface area contributed by atoms with Crippen LogP contribution >= 0.6 is 12.4 Å². The molecule has 0 radical (unpaired) electrons. The Morgan fingerprint density at radius 1 is 1.30 bits per heavy atom.